The van der Waals surface area contributed by atoms with Crippen molar-refractivity contribution in [3.63, 3.8) is 0 Å². The van der Waals surface area contributed by atoms with Crippen LogP contribution in [0, 0.1) is 0 Å². The molecule has 1 aromatic heterocycles. The van der Waals surface area contributed by atoms with E-state index in [4.69, 9.17) is 0 Å². The predicted octanol–water partition coefficient (Wildman–Crippen LogP) is 3.26. The summed E-state index contributed by atoms with van der Waals surface area (Å²) >= 11 is 0. The van der Waals surface area contributed by atoms with Crippen LogP contribution in [0.2, 0.25) is 0 Å². The van der Waals surface area contributed by atoms with E-state index >= 15 is 0 Å². The lowest BCUT2D eigenvalue weighted by molar-refractivity contribution is 0.124. The summed E-state index contributed by atoms with van der Waals surface area (Å²) in [6, 6.07) is 17.4. The van der Waals surface area contributed by atoms with Gasteiger partial charge in [0.25, 0.3) is 0 Å². The number of nitrogens with zero attached hydrogens (tertiary/aromatic N) is 3. The minimum atomic E-state index is 1.08. The first kappa shape index (κ1) is 15.0. The molecule has 0 amide bonds. The van der Waals surface area contributed by atoms with E-state index in [2.05, 4.69) is 74.4 Å². The molecule has 0 bridgehead atoms. The molecule has 1 N–H and O–H groups in total. The molecule has 5 rings (SSSR count). The highest BCUT2D eigenvalue weighted by molar-refractivity contribution is 5.92. The Morgan fingerprint density at radius 3 is 2.20 bits per heavy atom. The number of H-pyrrole nitrogens is 1. The molecule has 4 heteroatoms. The third-order valence-electron chi connectivity index (χ3n) is 5.59. The van der Waals surface area contributed by atoms with Crippen LogP contribution in [0.1, 0.15) is 11.1 Å². The summed E-state index contributed by atoms with van der Waals surface area (Å²) < 4.78 is 0. The Labute approximate surface area is 148 Å². The van der Waals surface area contributed by atoms with Gasteiger partial charge in [0.1, 0.15) is 0 Å². The summed E-state index contributed by atoms with van der Waals surface area (Å²) in [5, 5.41) is 1.34. The van der Waals surface area contributed by atoms with Gasteiger partial charge in [-0.2, -0.15) is 0 Å². The zero-order valence-corrected chi connectivity index (χ0v) is 14.5. The van der Waals surface area contributed by atoms with Crippen LogP contribution in [0.25, 0.3) is 10.9 Å². The maximum atomic E-state index is 3.40. The molecule has 3 aromatic rings. The van der Waals surface area contributed by atoms with E-state index in [9.17, 15) is 0 Å². The zero-order valence-electron chi connectivity index (χ0n) is 14.5. The van der Waals surface area contributed by atoms with Crippen molar-refractivity contribution < 1.29 is 0 Å². The summed E-state index contributed by atoms with van der Waals surface area (Å²) in [5.41, 5.74) is 5.58. The first-order valence-electron chi connectivity index (χ1n) is 9.19. The SMILES string of the molecule is c1ccc2c(c1)CN(CN1CCN(c3c[nH]c4ccccc34)CC1)C2. The van der Waals surface area contributed by atoms with Gasteiger partial charge in [-0.3, -0.25) is 9.80 Å². The van der Waals surface area contributed by atoms with Crippen molar-refractivity contribution in [1.82, 2.24) is 14.8 Å². The van der Waals surface area contributed by atoms with Gasteiger partial charge in [-0.05, 0) is 17.2 Å². The molecule has 0 spiro atoms. The van der Waals surface area contributed by atoms with Gasteiger partial charge < -0.3 is 9.88 Å². The molecule has 0 saturated carbocycles. The summed E-state index contributed by atoms with van der Waals surface area (Å²) in [6.45, 7) is 7.73. The average Bonchev–Trinajstić information content (AvgIpc) is 3.26. The molecule has 0 atom stereocenters. The molecule has 25 heavy (non-hydrogen) atoms. The third kappa shape index (κ3) is 2.81. The second-order valence-electron chi connectivity index (χ2n) is 7.22. The fraction of sp³-hybridized carbons (Fsp3) is 0.333. The number of aromatic nitrogens is 1. The maximum absolute atomic E-state index is 3.40. The standard InChI is InChI=1S/C21H24N4/c1-2-6-18-15-24(14-17(18)5-1)16-23-9-11-25(12-10-23)21-13-22-20-8-4-3-7-19(20)21/h1-8,13,22H,9-12,14-16H2. The Balaban J connectivity index is 1.21. The van der Waals surface area contributed by atoms with Crippen molar-refractivity contribution in [2.45, 2.75) is 13.1 Å². The van der Waals surface area contributed by atoms with Crippen LogP contribution in [-0.2, 0) is 13.1 Å². The molecular formula is C21H24N4. The van der Waals surface area contributed by atoms with Crippen molar-refractivity contribution in [3.8, 4) is 0 Å². The van der Waals surface area contributed by atoms with Gasteiger partial charge in [-0.1, -0.05) is 42.5 Å². The number of benzene rings is 2. The molecule has 4 nitrogen and oxygen atoms in total. The van der Waals surface area contributed by atoms with Gasteiger partial charge in [0.15, 0.2) is 0 Å². The largest absolute Gasteiger partial charge is 0.367 e. The van der Waals surface area contributed by atoms with Gasteiger partial charge in [0.2, 0.25) is 0 Å². The lowest BCUT2D eigenvalue weighted by atomic mass is 10.1. The molecule has 0 aliphatic carbocycles. The third-order valence-corrected chi connectivity index (χ3v) is 5.59. The molecule has 2 aliphatic heterocycles. The van der Waals surface area contributed by atoms with Gasteiger partial charge in [0, 0.05) is 56.4 Å². The summed E-state index contributed by atoms with van der Waals surface area (Å²) in [7, 11) is 0. The highest BCUT2D eigenvalue weighted by Gasteiger charge is 2.24. The second kappa shape index (κ2) is 6.21. The highest BCUT2D eigenvalue weighted by Crippen LogP contribution is 2.28. The number of fused-ring (bicyclic) bond motifs is 2. The zero-order chi connectivity index (χ0) is 16.6. The molecule has 128 valence electrons. The predicted molar refractivity (Wildman–Crippen MR) is 103 cm³/mol. The molecule has 3 heterocycles. The van der Waals surface area contributed by atoms with Crippen LogP contribution in [0.4, 0.5) is 5.69 Å². The number of hydrogen-bond donors (Lipinski definition) is 1. The van der Waals surface area contributed by atoms with Gasteiger partial charge in [-0.15, -0.1) is 0 Å². The Hall–Kier alpha value is -2.30. The van der Waals surface area contributed by atoms with Crippen molar-refractivity contribution in [2.24, 2.45) is 0 Å². The van der Waals surface area contributed by atoms with E-state index < -0.39 is 0 Å². The van der Waals surface area contributed by atoms with Crippen molar-refractivity contribution in [1.29, 1.82) is 0 Å². The molecule has 0 unspecified atom stereocenters. The molecule has 1 fully saturated rings. The van der Waals surface area contributed by atoms with E-state index in [0.29, 0.717) is 0 Å². The first-order valence-corrected chi connectivity index (χ1v) is 9.19. The van der Waals surface area contributed by atoms with Crippen LogP contribution in [0.15, 0.2) is 54.7 Å². The van der Waals surface area contributed by atoms with Crippen LogP contribution in [0.5, 0.6) is 0 Å². The van der Waals surface area contributed by atoms with E-state index in [0.717, 1.165) is 45.9 Å². The Morgan fingerprint density at radius 1 is 0.760 bits per heavy atom. The first-order chi connectivity index (χ1) is 12.4. The lowest BCUT2D eigenvalue weighted by Crippen LogP contribution is -2.49. The van der Waals surface area contributed by atoms with Crippen molar-refractivity contribution in [2.75, 3.05) is 37.7 Å². The number of rotatable bonds is 3. The molecule has 2 aliphatic rings. The van der Waals surface area contributed by atoms with Crippen LogP contribution in [0.3, 0.4) is 0 Å². The number of para-hydroxylation sites is 1. The van der Waals surface area contributed by atoms with Crippen LogP contribution in [-0.4, -0.2) is 47.6 Å². The number of anilines is 1. The fourth-order valence-electron chi connectivity index (χ4n) is 4.23. The molecular weight excluding hydrogens is 308 g/mol. The van der Waals surface area contributed by atoms with Gasteiger partial charge >= 0.3 is 0 Å². The molecule has 1 saturated heterocycles. The Morgan fingerprint density at radius 2 is 1.44 bits per heavy atom. The normalized spacial score (nSPS) is 18.8. The van der Waals surface area contributed by atoms with E-state index in [1.165, 1.54) is 27.7 Å². The monoisotopic (exact) mass is 332 g/mol. The molecule has 2 aromatic carbocycles. The summed E-state index contributed by atoms with van der Waals surface area (Å²) in [5.74, 6) is 0. The molecule has 0 radical (unpaired) electrons. The number of piperazine rings is 1. The maximum Gasteiger partial charge on any atom is 0.0624 e. The number of aromatic amines is 1. The summed E-state index contributed by atoms with van der Waals surface area (Å²) in [4.78, 5) is 11.1. The average molecular weight is 332 g/mol. The van der Waals surface area contributed by atoms with Crippen molar-refractivity contribution in [3.05, 3.63) is 65.9 Å². The number of hydrogen-bond acceptors (Lipinski definition) is 3. The van der Waals surface area contributed by atoms with E-state index in [1.54, 1.807) is 0 Å². The minimum Gasteiger partial charge on any atom is -0.367 e. The Bertz CT molecular complexity index is 851. The smallest absolute Gasteiger partial charge is 0.0624 e. The summed E-state index contributed by atoms with van der Waals surface area (Å²) in [6.07, 6.45) is 2.16. The van der Waals surface area contributed by atoms with Gasteiger partial charge in [0.05, 0.1) is 12.4 Å². The number of nitrogens with one attached hydrogen (secondary N) is 1. The fourth-order valence-corrected chi connectivity index (χ4v) is 4.23. The lowest BCUT2D eigenvalue weighted by Gasteiger charge is -2.37. The topological polar surface area (TPSA) is 25.5 Å². The minimum absolute atomic E-state index is 1.08. The van der Waals surface area contributed by atoms with Crippen LogP contribution >= 0.6 is 0 Å². The van der Waals surface area contributed by atoms with Gasteiger partial charge in [-0.25, -0.2) is 0 Å². The quantitative estimate of drug-likeness (QED) is 0.797. The van der Waals surface area contributed by atoms with Crippen LogP contribution < -0.4 is 4.90 Å². The van der Waals surface area contributed by atoms with E-state index in [-0.39, 0.29) is 0 Å². The highest BCUT2D eigenvalue weighted by atomic mass is 15.4. The Kier molecular flexibility index (Phi) is 3.72. The van der Waals surface area contributed by atoms with Crippen molar-refractivity contribution >= 4 is 16.6 Å². The van der Waals surface area contributed by atoms with E-state index in [1.807, 2.05) is 0 Å². The second-order valence-corrected chi connectivity index (χ2v) is 7.22.